The Hall–Kier alpha value is -3.09. The molecule has 2 aliphatic rings. The second kappa shape index (κ2) is 8.11. The summed E-state index contributed by atoms with van der Waals surface area (Å²) in [6.45, 7) is 4.07. The van der Waals surface area contributed by atoms with Crippen LogP contribution in [0.1, 0.15) is 35.7 Å². The van der Waals surface area contributed by atoms with E-state index in [4.69, 9.17) is 9.47 Å². The maximum absolute atomic E-state index is 12.4. The summed E-state index contributed by atoms with van der Waals surface area (Å²) in [7, 11) is 0. The number of ether oxygens (including phenoxy) is 2. The Balaban J connectivity index is 1.33. The van der Waals surface area contributed by atoms with Crippen LogP contribution < -0.4 is 14.8 Å². The highest BCUT2D eigenvalue weighted by Crippen LogP contribution is 2.37. The highest BCUT2D eigenvalue weighted by molar-refractivity contribution is 5.93. The summed E-state index contributed by atoms with van der Waals surface area (Å²) in [5, 5.41) is 2.87. The van der Waals surface area contributed by atoms with Crippen molar-refractivity contribution in [2.45, 2.75) is 26.2 Å². The van der Waals surface area contributed by atoms with Crippen LogP contribution in [0.25, 0.3) is 0 Å². The molecule has 29 heavy (non-hydrogen) atoms. The summed E-state index contributed by atoms with van der Waals surface area (Å²) in [5.41, 5.74) is 1.68. The molecule has 152 valence electrons. The first-order chi connectivity index (χ1) is 14.0. The molecule has 2 aliphatic heterocycles. The van der Waals surface area contributed by atoms with Crippen molar-refractivity contribution in [1.82, 2.24) is 15.2 Å². The normalized spacial score (nSPS) is 20.6. The summed E-state index contributed by atoms with van der Waals surface area (Å²) in [6.07, 6.45) is 5.39. The zero-order valence-corrected chi connectivity index (χ0v) is 16.5. The lowest BCUT2D eigenvalue weighted by Crippen LogP contribution is -2.48. The fourth-order valence-corrected chi connectivity index (χ4v) is 3.99. The number of pyridine rings is 1. The number of aromatic nitrogens is 1. The quantitative estimate of drug-likeness (QED) is 0.812. The van der Waals surface area contributed by atoms with Crippen LogP contribution in [0.4, 0.5) is 0 Å². The summed E-state index contributed by atoms with van der Waals surface area (Å²) in [4.78, 5) is 30.4. The molecular formula is C22H25N3O4. The fraction of sp³-hybridized carbons (Fsp3) is 0.409. The van der Waals surface area contributed by atoms with Gasteiger partial charge in [-0.1, -0.05) is 13.0 Å². The van der Waals surface area contributed by atoms with Gasteiger partial charge in [-0.15, -0.1) is 0 Å². The zero-order chi connectivity index (χ0) is 20.3. The van der Waals surface area contributed by atoms with Gasteiger partial charge in [0.1, 0.15) is 0 Å². The van der Waals surface area contributed by atoms with Crippen molar-refractivity contribution in [1.29, 1.82) is 0 Å². The SMILES string of the molecule is C[C@]1(Cc2ccc3c(c2)OCO3)CCC(=O)N(CCNC(=O)c2cccnc2)C1. The van der Waals surface area contributed by atoms with E-state index in [0.717, 1.165) is 24.3 Å². The minimum Gasteiger partial charge on any atom is -0.454 e. The van der Waals surface area contributed by atoms with E-state index in [0.29, 0.717) is 31.6 Å². The van der Waals surface area contributed by atoms with Crippen LogP contribution in [0.3, 0.4) is 0 Å². The molecule has 1 aromatic carbocycles. The number of benzene rings is 1. The van der Waals surface area contributed by atoms with Crippen molar-refractivity contribution in [3.05, 3.63) is 53.9 Å². The van der Waals surface area contributed by atoms with Crippen LogP contribution in [0.15, 0.2) is 42.7 Å². The van der Waals surface area contributed by atoms with Crippen LogP contribution in [0, 0.1) is 5.41 Å². The largest absolute Gasteiger partial charge is 0.454 e. The molecule has 0 unspecified atom stereocenters. The molecular weight excluding hydrogens is 370 g/mol. The molecule has 7 nitrogen and oxygen atoms in total. The number of piperidine rings is 1. The number of carbonyl (C=O) groups is 2. The summed E-state index contributed by atoms with van der Waals surface area (Å²) < 4.78 is 10.9. The molecule has 1 aromatic heterocycles. The van der Waals surface area contributed by atoms with Crippen molar-refractivity contribution in [2.75, 3.05) is 26.4 Å². The number of rotatable bonds is 6. The predicted octanol–water partition coefficient (Wildman–Crippen LogP) is 2.41. The number of hydrogen-bond donors (Lipinski definition) is 1. The van der Waals surface area contributed by atoms with Crippen molar-refractivity contribution in [3.63, 3.8) is 0 Å². The van der Waals surface area contributed by atoms with E-state index in [1.807, 2.05) is 17.0 Å². The lowest BCUT2D eigenvalue weighted by molar-refractivity contribution is -0.137. The fourth-order valence-electron chi connectivity index (χ4n) is 3.99. The molecule has 1 fully saturated rings. The minimum atomic E-state index is -0.175. The van der Waals surface area contributed by atoms with Crippen molar-refractivity contribution in [3.8, 4) is 11.5 Å². The third-order valence-electron chi connectivity index (χ3n) is 5.53. The third kappa shape index (κ3) is 4.50. The van der Waals surface area contributed by atoms with Crippen molar-refractivity contribution >= 4 is 11.8 Å². The Bertz CT molecular complexity index is 902. The van der Waals surface area contributed by atoms with Gasteiger partial charge in [-0.05, 0) is 48.1 Å². The van der Waals surface area contributed by atoms with Gasteiger partial charge in [-0.2, -0.15) is 0 Å². The Morgan fingerprint density at radius 2 is 2.14 bits per heavy atom. The molecule has 0 bridgehead atoms. The van der Waals surface area contributed by atoms with Gasteiger partial charge in [0, 0.05) is 38.4 Å². The molecule has 7 heteroatoms. The summed E-state index contributed by atoms with van der Waals surface area (Å²) in [5.74, 6) is 1.53. The van der Waals surface area contributed by atoms with Gasteiger partial charge in [0.25, 0.3) is 5.91 Å². The molecule has 4 rings (SSSR count). The van der Waals surface area contributed by atoms with Gasteiger partial charge in [-0.25, -0.2) is 0 Å². The number of nitrogens with zero attached hydrogens (tertiary/aromatic N) is 2. The third-order valence-corrected chi connectivity index (χ3v) is 5.53. The second-order valence-electron chi connectivity index (χ2n) is 7.99. The van der Waals surface area contributed by atoms with Crippen LogP contribution >= 0.6 is 0 Å². The van der Waals surface area contributed by atoms with E-state index in [-0.39, 0.29) is 24.0 Å². The molecule has 0 spiro atoms. The Morgan fingerprint density at radius 1 is 1.28 bits per heavy atom. The molecule has 0 radical (unpaired) electrons. The van der Waals surface area contributed by atoms with Gasteiger partial charge in [0.2, 0.25) is 12.7 Å². The maximum atomic E-state index is 12.4. The molecule has 1 atom stereocenters. The van der Waals surface area contributed by atoms with Crippen LogP contribution in [-0.2, 0) is 11.2 Å². The first-order valence-electron chi connectivity index (χ1n) is 9.87. The number of nitrogens with one attached hydrogen (secondary N) is 1. The van der Waals surface area contributed by atoms with E-state index in [1.165, 1.54) is 11.8 Å². The topological polar surface area (TPSA) is 80.8 Å². The smallest absolute Gasteiger partial charge is 0.252 e. The van der Waals surface area contributed by atoms with Crippen LogP contribution in [0.2, 0.25) is 0 Å². The first-order valence-corrected chi connectivity index (χ1v) is 9.87. The molecule has 3 heterocycles. The van der Waals surface area contributed by atoms with E-state index in [2.05, 4.69) is 23.3 Å². The van der Waals surface area contributed by atoms with Crippen LogP contribution in [-0.4, -0.2) is 48.1 Å². The molecule has 0 saturated carbocycles. The average molecular weight is 395 g/mol. The Morgan fingerprint density at radius 3 is 2.97 bits per heavy atom. The van der Waals surface area contributed by atoms with E-state index in [1.54, 1.807) is 18.3 Å². The number of likely N-dealkylation sites (tertiary alicyclic amines) is 1. The van der Waals surface area contributed by atoms with Gasteiger partial charge < -0.3 is 19.7 Å². The van der Waals surface area contributed by atoms with Crippen LogP contribution in [0.5, 0.6) is 11.5 Å². The monoisotopic (exact) mass is 395 g/mol. The van der Waals surface area contributed by atoms with Gasteiger partial charge in [0.05, 0.1) is 5.56 Å². The lowest BCUT2D eigenvalue weighted by Gasteiger charge is -2.40. The number of fused-ring (bicyclic) bond motifs is 1. The Kier molecular flexibility index (Phi) is 5.38. The second-order valence-corrected chi connectivity index (χ2v) is 7.99. The average Bonchev–Trinajstić information content (AvgIpc) is 3.19. The minimum absolute atomic E-state index is 0.0189. The van der Waals surface area contributed by atoms with E-state index < -0.39 is 0 Å². The number of carbonyl (C=O) groups excluding carboxylic acids is 2. The summed E-state index contributed by atoms with van der Waals surface area (Å²) in [6, 6.07) is 9.48. The predicted molar refractivity (Wildman–Crippen MR) is 107 cm³/mol. The van der Waals surface area contributed by atoms with Gasteiger partial charge in [0.15, 0.2) is 11.5 Å². The molecule has 1 saturated heterocycles. The van der Waals surface area contributed by atoms with Gasteiger partial charge >= 0.3 is 0 Å². The standard InChI is InChI=1S/C22H25N3O4/c1-22(12-16-4-5-18-19(11-16)29-15-28-18)7-6-20(26)25(14-22)10-9-24-21(27)17-3-2-8-23-13-17/h2-5,8,11,13H,6-7,9-10,12,14-15H2,1H3,(H,24,27)/t22-/m1/s1. The molecule has 2 amide bonds. The molecule has 0 aliphatic carbocycles. The number of hydrogen-bond acceptors (Lipinski definition) is 5. The van der Waals surface area contributed by atoms with Gasteiger partial charge in [-0.3, -0.25) is 14.6 Å². The molecule has 1 N–H and O–H groups in total. The number of amides is 2. The maximum Gasteiger partial charge on any atom is 0.252 e. The molecule has 2 aromatic rings. The summed E-state index contributed by atoms with van der Waals surface area (Å²) >= 11 is 0. The lowest BCUT2D eigenvalue weighted by atomic mass is 9.76. The van der Waals surface area contributed by atoms with E-state index in [9.17, 15) is 9.59 Å². The van der Waals surface area contributed by atoms with E-state index >= 15 is 0 Å². The Labute approximate surface area is 170 Å². The first kappa shape index (κ1) is 19.2. The van der Waals surface area contributed by atoms with Crippen molar-refractivity contribution in [2.24, 2.45) is 5.41 Å². The highest BCUT2D eigenvalue weighted by atomic mass is 16.7. The zero-order valence-electron chi connectivity index (χ0n) is 16.5. The van der Waals surface area contributed by atoms with Crippen molar-refractivity contribution < 1.29 is 19.1 Å². The highest BCUT2D eigenvalue weighted by Gasteiger charge is 2.35.